The van der Waals surface area contributed by atoms with Gasteiger partial charge in [0.15, 0.2) is 0 Å². The summed E-state index contributed by atoms with van der Waals surface area (Å²) in [6.07, 6.45) is 0. The molecule has 0 amide bonds. The topological polar surface area (TPSA) is 0 Å². The van der Waals surface area contributed by atoms with Crippen molar-refractivity contribution in [2.45, 2.75) is 25.9 Å². The molecule has 2 radical (unpaired) electrons. The Hall–Kier alpha value is -1.25. The van der Waals surface area contributed by atoms with E-state index < -0.39 is 0 Å². The van der Waals surface area contributed by atoms with Crippen LogP contribution >= 0.6 is 0 Å². The second-order valence-electron chi connectivity index (χ2n) is 5.27. The van der Waals surface area contributed by atoms with Gasteiger partial charge in [0, 0.05) is 9.52 Å². The number of hydrogen-bond acceptors (Lipinski definition) is 0. The Morgan fingerprint density at radius 2 is 1.04 bits per heavy atom. The molecule has 2 heteroatoms. The van der Waals surface area contributed by atoms with E-state index >= 15 is 0 Å². The van der Waals surface area contributed by atoms with Crippen LogP contribution in [-0.4, -0.2) is 9.52 Å². The van der Waals surface area contributed by atoms with E-state index in [0.29, 0.717) is 0 Å². The quantitative estimate of drug-likeness (QED) is 0.187. The summed E-state index contributed by atoms with van der Waals surface area (Å²) in [5, 5.41) is 5.32. The Kier molecular flexibility index (Phi) is 16.6. The van der Waals surface area contributed by atoms with Crippen molar-refractivity contribution in [2.24, 2.45) is 0 Å². The van der Waals surface area contributed by atoms with E-state index in [1.807, 2.05) is 0 Å². The van der Waals surface area contributed by atoms with Crippen molar-refractivity contribution in [2.75, 3.05) is 0 Å². The predicted molar refractivity (Wildman–Crippen MR) is 119 cm³/mol. The summed E-state index contributed by atoms with van der Waals surface area (Å²) in [7, 11) is 1.20. The maximum Gasteiger partial charge on any atom is 4.00 e. The molecule has 0 saturated heterocycles. The smallest absolute Gasteiger partial charge is 0.358 e. The summed E-state index contributed by atoms with van der Waals surface area (Å²) in [6.45, 7) is 4.45. The van der Waals surface area contributed by atoms with Gasteiger partial charge in [0.1, 0.15) is 0 Å². The Morgan fingerprint density at radius 1 is 0.654 bits per heavy atom. The first kappa shape index (κ1) is 27.0. The molecule has 0 atom stereocenters. The first-order valence-electron chi connectivity index (χ1n) is 8.26. The van der Waals surface area contributed by atoms with E-state index in [9.17, 15) is 0 Å². The van der Waals surface area contributed by atoms with Gasteiger partial charge >= 0.3 is 25.8 Å². The predicted octanol–water partition coefficient (Wildman–Crippen LogP) is 7.58. The van der Waals surface area contributed by atoms with E-state index in [4.69, 9.17) is 0 Å². The van der Waals surface area contributed by atoms with E-state index in [0.717, 1.165) is 0 Å². The van der Waals surface area contributed by atoms with Gasteiger partial charge in [0.25, 0.3) is 0 Å². The summed E-state index contributed by atoms with van der Waals surface area (Å²) in [5.74, 6) is 0. The molecule has 26 heavy (non-hydrogen) atoms. The van der Waals surface area contributed by atoms with Crippen LogP contribution in [-0.2, 0) is 25.8 Å². The van der Waals surface area contributed by atoms with Crippen LogP contribution in [0.1, 0.15) is 13.8 Å². The van der Waals surface area contributed by atoms with E-state index in [1.54, 1.807) is 0 Å². The van der Waals surface area contributed by atoms with Crippen LogP contribution in [0.3, 0.4) is 0 Å². The molecule has 0 unspecified atom stereocenters. The molecule has 0 aliphatic carbocycles. The zero-order valence-electron chi connectivity index (χ0n) is 16.5. The Balaban J connectivity index is 0. The minimum atomic E-state index is 0. The number of hydrogen-bond donors (Lipinski definition) is 0. The third kappa shape index (κ3) is 8.91. The fraction of sp³-hybridized carbons (Fsp3) is 0.167. The summed E-state index contributed by atoms with van der Waals surface area (Å²) < 4.78 is 0. The van der Waals surface area contributed by atoms with Gasteiger partial charge in [0.05, 0.1) is 0 Å². The van der Waals surface area contributed by atoms with Crippen LogP contribution < -0.4 is 0 Å². The SMILES string of the molecule is CC[Si]CC.[CH3-].[CH3-].[Hf+4].c1ccc2[cH-]ccc2c1.c1ccc2[cH-]ccc2c1. The molecule has 0 aliphatic heterocycles. The van der Waals surface area contributed by atoms with Crippen LogP contribution in [0.25, 0.3) is 21.5 Å². The summed E-state index contributed by atoms with van der Waals surface area (Å²) >= 11 is 0. The molecule has 0 fully saturated rings. The summed E-state index contributed by atoms with van der Waals surface area (Å²) in [4.78, 5) is 0. The molecule has 0 saturated carbocycles. The van der Waals surface area contributed by atoms with Gasteiger partial charge in [-0.25, -0.2) is 0 Å². The zero-order valence-corrected chi connectivity index (χ0v) is 21.1. The maximum atomic E-state index is 2.22. The van der Waals surface area contributed by atoms with E-state index in [1.165, 1.54) is 43.2 Å². The van der Waals surface area contributed by atoms with Crippen molar-refractivity contribution in [3.8, 4) is 0 Å². The molecular formula is C24H30HfSi. The molecule has 4 aromatic rings. The fourth-order valence-electron chi connectivity index (χ4n) is 2.39. The standard InChI is InChI=1S/2C9H7.C4H10Si.2CH3.Hf/c2*1-2-5-9-7-3-6-8(9)4-1;1-3-5-4-2;;;/h2*1-7H;3-4H2,1-2H3;2*1H3;/q2*-1;;2*-1;+4. The first-order valence-corrected chi connectivity index (χ1v) is 9.68. The van der Waals surface area contributed by atoms with Crippen molar-refractivity contribution in [1.29, 1.82) is 0 Å². The van der Waals surface area contributed by atoms with Crippen molar-refractivity contribution >= 4 is 31.1 Å². The van der Waals surface area contributed by atoms with E-state index in [-0.39, 0.29) is 40.7 Å². The number of benzene rings is 2. The number of rotatable bonds is 2. The normalized spacial score (nSPS) is 8.69. The van der Waals surface area contributed by atoms with Crippen molar-refractivity contribution in [3.63, 3.8) is 0 Å². The molecule has 0 nitrogen and oxygen atoms in total. The maximum absolute atomic E-state index is 2.22. The van der Waals surface area contributed by atoms with Gasteiger partial charge in [-0.3, -0.25) is 0 Å². The molecular weight excluding hydrogens is 495 g/mol. The van der Waals surface area contributed by atoms with Crippen LogP contribution in [0, 0.1) is 14.9 Å². The second kappa shape index (κ2) is 16.0. The minimum Gasteiger partial charge on any atom is -0.358 e. The molecule has 0 spiro atoms. The van der Waals surface area contributed by atoms with Crippen molar-refractivity contribution in [1.82, 2.24) is 0 Å². The van der Waals surface area contributed by atoms with Crippen LogP contribution in [0.2, 0.25) is 12.1 Å². The van der Waals surface area contributed by atoms with Crippen LogP contribution in [0.4, 0.5) is 0 Å². The molecule has 4 aromatic carbocycles. The molecule has 0 N–H and O–H groups in total. The molecule has 4 rings (SSSR count). The molecule has 134 valence electrons. The van der Waals surface area contributed by atoms with Gasteiger partial charge in [0.2, 0.25) is 0 Å². The molecule has 0 aliphatic rings. The van der Waals surface area contributed by atoms with Gasteiger partial charge in [-0.1, -0.05) is 38.1 Å². The average molecular weight is 525 g/mol. The van der Waals surface area contributed by atoms with Gasteiger partial charge < -0.3 is 14.9 Å². The first-order chi connectivity index (χ1) is 11.3. The van der Waals surface area contributed by atoms with Gasteiger partial charge in [-0.05, 0) is 0 Å². The van der Waals surface area contributed by atoms with Crippen molar-refractivity contribution in [3.05, 3.63) is 99.8 Å². The summed E-state index contributed by atoms with van der Waals surface area (Å²) in [5.41, 5.74) is 0. The summed E-state index contributed by atoms with van der Waals surface area (Å²) in [6, 6.07) is 32.1. The average Bonchev–Trinajstić information content (AvgIpc) is 3.26. The third-order valence-corrected chi connectivity index (χ3v) is 4.60. The second-order valence-corrected chi connectivity index (χ2v) is 7.18. The van der Waals surface area contributed by atoms with E-state index in [2.05, 4.69) is 98.8 Å². The van der Waals surface area contributed by atoms with Gasteiger partial charge in [-0.2, -0.15) is 35.0 Å². The zero-order chi connectivity index (χ0) is 16.3. The Labute approximate surface area is 182 Å². The fourth-order valence-corrected chi connectivity index (χ4v) is 2.89. The Bertz CT molecular complexity index is 669. The minimum absolute atomic E-state index is 0. The van der Waals surface area contributed by atoms with Crippen molar-refractivity contribution < 1.29 is 25.8 Å². The molecule has 0 heterocycles. The monoisotopic (exact) mass is 526 g/mol. The molecule has 0 bridgehead atoms. The van der Waals surface area contributed by atoms with Crippen LogP contribution in [0.5, 0.6) is 0 Å². The van der Waals surface area contributed by atoms with Gasteiger partial charge in [-0.15, -0.1) is 59.3 Å². The third-order valence-electron chi connectivity index (χ3n) is 3.60. The van der Waals surface area contributed by atoms with Crippen LogP contribution in [0.15, 0.2) is 84.9 Å². The molecule has 0 aromatic heterocycles. The number of fused-ring (bicyclic) bond motifs is 2. The Morgan fingerprint density at radius 3 is 1.35 bits per heavy atom. The largest absolute Gasteiger partial charge is 4.00 e.